The predicted octanol–water partition coefficient (Wildman–Crippen LogP) is 5.40. The van der Waals surface area contributed by atoms with E-state index in [9.17, 15) is 13.2 Å². The molecule has 0 fully saturated rings. The first-order valence-corrected chi connectivity index (χ1v) is 13.6. The molecule has 0 spiro atoms. The van der Waals surface area contributed by atoms with E-state index in [-0.39, 0.29) is 10.0 Å². The summed E-state index contributed by atoms with van der Waals surface area (Å²) in [6.45, 7) is 3.75. The van der Waals surface area contributed by atoms with Crippen molar-refractivity contribution in [3.8, 4) is 16.3 Å². The van der Waals surface area contributed by atoms with E-state index in [1.54, 1.807) is 60.7 Å². The fourth-order valence-electron chi connectivity index (χ4n) is 3.30. The lowest BCUT2D eigenvalue weighted by molar-refractivity contribution is -0.114. The first-order valence-electron chi connectivity index (χ1n) is 11.0. The molecule has 0 unspecified atom stereocenters. The van der Waals surface area contributed by atoms with Gasteiger partial charge in [0, 0.05) is 10.6 Å². The van der Waals surface area contributed by atoms with Crippen LogP contribution in [-0.2, 0) is 14.8 Å². The second-order valence-corrected chi connectivity index (χ2v) is 11.0. The van der Waals surface area contributed by atoms with Crippen molar-refractivity contribution < 1.29 is 17.9 Å². The molecule has 36 heavy (non-hydrogen) atoms. The number of carbonyl (C=O) groups excluding carboxylic acids is 1. The molecule has 3 aromatic carbocycles. The van der Waals surface area contributed by atoms with Crippen LogP contribution in [-0.4, -0.2) is 37.7 Å². The summed E-state index contributed by atoms with van der Waals surface area (Å²) >= 11 is 7.11. The maximum Gasteiger partial charge on any atom is 0.264 e. The van der Waals surface area contributed by atoms with E-state index in [0.29, 0.717) is 28.1 Å². The smallest absolute Gasteiger partial charge is 0.264 e. The minimum atomic E-state index is -4.04. The van der Waals surface area contributed by atoms with E-state index in [2.05, 4.69) is 15.5 Å². The second kappa shape index (κ2) is 11.1. The SMILES string of the molecule is CCOc1ccc(N(CC(=O)Nc2nnc(-c3ccc(Cl)cc3)s2)S(=O)(=O)c2ccc(C)cc2)cc1. The molecule has 4 aromatic rings. The van der Waals surface area contributed by atoms with Crippen molar-refractivity contribution in [1.29, 1.82) is 0 Å². The normalized spacial score (nSPS) is 11.2. The van der Waals surface area contributed by atoms with Crippen molar-refractivity contribution in [3.63, 3.8) is 0 Å². The van der Waals surface area contributed by atoms with Gasteiger partial charge in [0.05, 0.1) is 17.2 Å². The molecule has 8 nitrogen and oxygen atoms in total. The van der Waals surface area contributed by atoms with Gasteiger partial charge in [0.15, 0.2) is 0 Å². The number of carbonyl (C=O) groups is 1. The van der Waals surface area contributed by atoms with Gasteiger partial charge in [-0.25, -0.2) is 8.42 Å². The van der Waals surface area contributed by atoms with Crippen molar-refractivity contribution in [2.45, 2.75) is 18.7 Å². The molecule has 11 heteroatoms. The monoisotopic (exact) mass is 542 g/mol. The summed E-state index contributed by atoms with van der Waals surface area (Å²) < 4.78 is 33.6. The van der Waals surface area contributed by atoms with E-state index in [1.807, 2.05) is 13.8 Å². The van der Waals surface area contributed by atoms with Crippen LogP contribution in [0.3, 0.4) is 0 Å². The van der Waals surface area contributed by atoms with E-state index >= 15 is 0 Å². The minimum absolute atomic E-state index is 0.0794. The number of benzene rings is 3. The largest absolute Gasteiger partial charge is 0.494 e. The summed E-state index contributed by atoms with van der Waals surface area (Å²) in [5, 5.41) is 12.2. The van der Waals surface area contributed by atoms with E-state index in [1.165, 1.54) is 23.5 Å². The Bertz CT molecular complexity index is 1440. The Morgan fingerprint density at radius 2 is 1.67 bits per heavy atom. The second-order valence-electron chi connectivity index (χ2n) is 7.72. The molecule has 1 heterocycles. The quantitative estimate of drug-likeness (QED) is 0.304. The number of aromatic nitrogens is 2. The van der Waals surface area contributed by atoms with Gasteiger partial charge in [-0.3, -0.25) is 14.4 Å². The van der Waals surface area contributed by atoms with Gasteiger partial charge in [0.1, 0.15) is 17.3 Å². The molecule has 0 radical (unpaired) electrons. The Labute approximate surface area is 218 Å². The fraction of sp³-hybridized carbons (Fsp3) is 0.160. The minimum Gasteiger partial charge on any atom is -0.494 e. The Morgan fingerprint density at radius 1 is 1.00 bits per heavy atom. The first kappa shape index (κ1) is 25.6. The van der Waals surface area contributed by atoms with Gasteiger partial charge in [-0.1, -0.05) is 52.8 Å². The molecule has 4 rings (SSSR count). The molecular formula is C25H23ClN4O4S2. The zero-order valence-electron chi connectivity index (χ0n) is 19.5. The molecule has 0 saturated heterocycles. The number of sulfonamides is 1. The Kier molecular flexibility index (Phi) is 7.88. The maximum absolute atomic E-state index is 13.5. The molecule has 1 amide bonds. The maximum atomic E-state index is 13.5. The lowest BCUT2D eigenvalue weighted by Gasteiger charge is -2.24. The topological polar surface area (TPSA) is 101 Å². The summed E-state index contributed by atoms with van der Waals surface area (Å²) in [5.41, 5.74) is 2.05. The highest BCUT2D eigenvalue weighted by molar-refractivity contribution is 7.92. The number of halogens is 1. The number of rotatable bonds is 9. The fourth-order valence-corrected chi connectivity index (χ4v) is 5.61. The number of ether oxygens (including phenoxy) is 1. The Morgan fingerprint density at radius 3 is 2.31 bits per heavy atom. The highest BCUT2D eigenvalue weighted by atomic mass is 35.5. The number of amides is 1. The molecule has 0 atom stereocenters. The van der Waals surface area contributed by atoms with E-state index in [4.69, 9.17) is 16.3 Å². The molecular weight excluding hydrogens is 520 g/mol. The zero-order valence-corrected chi connectivity index (χ0v) is 21.9. The van der Waals surface area contributed by atoms with Crippen LogP contribution in [0.25, 0.3) is 10.6 Å². The van der Waals surface area contributed by atoms with Crippen molar-refractivity contribution in [2.24, 2.45) is 0 Å². The van der Waals surface area contributed by atoms with Gasteiger partial charge in [-0.05, 0) is 62.4 Å². The highest BCUT2D eigenvalue weighted by Crippen LogP contribution is 2.29. The molecule has 0 bridgehead atoms. The van der Waals surface area contributed by atoms with Crippen molar-refractivity contribution >= 4 is 49.7 Å². The van der Waals surface area contributed by atoms with Crippen LogP contribution in [0.5, 0.6) is 5.75 Å². The number of nitrogens with zero attached hydrogens (tertiary/aromatic N) is 3. The third kappa shape index (κ3) is 6.01. The third-order valence-electron chi connectivity index (χ3n) is 5.09. The highest BCUT2D eigenvalue weighted by Gasteiger charge is 2.27. The van der Waals surface area contributed by atoms with E-state index < -0.39 is 22.5 Å². The molecule has 1 N–H and O–H groups in total. The van der Waals surface area contributed by atoms with Crippen molar-refractivity contribution in [1.82, 2.24) is 10.2 Å². The molecule has 186 valence electrons. The third-order valence-corrected chi connectivity index (χ3v) is 8.02. The standard InChI is InChI=1S/C25H23ClN4O4S2/c1-3-34-21-12-10-20(11-13-21)30(36(32,33)22-14-4-17(2)5-15-22)16-23(31)27-25-29-28-24(35-25)18-6-8-19(26)9-7-18/h4-15H,3,16H2,1-2H3,(H,27,29,31). The van der Waals surface area contributed by atoms with Crippen LogP contribution in [0.4, 0.5) is 10.8 Å². The average molecular weight is 543 g/mol. The Balaban J connectivity index is 1.58. The number of aryl methyl sites for hydroxylation is 1. The van der Waals surface area contributed by atoms with Crippen molar-refractivity contribution in [3.05, 3.63) is 83.4 Å². The molecule has 1 aromatic heterocycles. The summed E-state index contributed by atoms with van der Waals surface area (Å²) in [6, 6.07) is 20.1. The number of hydrogen-bond donors (Lipinski definition) is 1. The van der Waals surface area contributed by atoms with Gasteiger partial charge >= 0.3 is 0 Å². The predicted molar refractivity (Wildman–Crippen MR) is 142 cm³/mol. The average Bonchev–Trinajstić information content (AvgIpc) is 3.32. The lowest BCUT2D eigenvalue weighted by atomic mass is 10.2. The molecule has 0 aliphatic carbocycles. The van der Waals surface area contributed by atoms with Gasteiger partial charge < -0.3 is 4.74 Å². The molecule has 0 aliphatic heterocycles. The zero-order chi connectivity index (χ0) is 25.7. The van der Waals surface area contributed by atoms with Crippen molar-refractivity contribution in [2.75, 3.05) is 22.8 Å². The first-order chi connectivity index (χ1) is 17.3. The molecule has 0 aliphatic rings. The number of nitrogens with one attached hydrogen (secondary N) is 1. The van der Waals surface area contributed by atoms with Crippen LogP contribution in [0.2, 0.25) is 5.02 Å². The lowest BCUT2D eigenvalue weighted by Crippen LogP contribution is -2.38. The summed E-state index contributed by atoms with van der Waals surface area (Å²) in [7, 11) is -4.04. The van der Waals surface area contributed by atoms with Crippen LogP contribution in [0.15, 0.2) is 77.7 Å². The van der Waals surface area contributed by atoms with Crippen LogP contribution >= 0.6 is 22.9 Å². The molecule has 0 saturated carbocycles. The number of anilines is 2. The van der Waals surface area contributed by atoms with Crippen LogP contribution in [0, 0.1) is 6.92 Å². The van der Waals surface area contributed by atoms with Gasteiger partial charge in [0.2, 0.25) is 11.0 Å². The number of hydrogen-bond acceptors (Lipinski definition) is 7. The van der Waals surface area contributed by atoms with Gasteiger partial charge in [0.25, 0.3) is 10.0 Å². The summed E-state index contributed by atoms with van der Waals surface area (Å²) in [5.74, 6) is 0.0420. The van der Waals surface area contributed by atoms with E-state index in [0.717, 1.165) is 15.4 Å². The van der Waals surface area contributed by atoms with Gasteiger partial charge in [-0.2, -0.15) is 0 Å². The summed E-state index contributed by atoms with van der Waals surface area (Å²) in [4.78, 5) is 13.0. The van der Waals surface area contributed by atoms with Gasteiger partial charge in [-0.15, -0.1) is 10.2 Å². The van der Waals surface area contributed by atoms with Crippen LogP contribution < -0.4 is 14.4 Å². The van der Waals surface area contributed by atoms with Crippen LogP contribution in [0.1, 0.15) is 12.5 Å². The summed E-state index contributed by atoms with van der Waals surface area (Å²) in [6.07, 6.45) is 0. The Hall–Kier alpha value is -3.47.